The topological polar surface area (TPSA) is 49.9 Å². The van der Waals surface area contributed by atoms with Crippen LogP contribution in [0.1, 0.15) is 48.4 Å². The molecule has 0 radical (unpaired) electrons. The molecule has 0 saturated heterocycles. The first-order chi connectivity index (χ1) is 14.2. The number of carbonyl (C=O) groups is 2. The normalized spacial score (nSPS) is 16.3. The molecular formula is C24H32N2O3S. The maximum absolute atomic E-state index is 13.5. The van der Waals surface area contributed by atoms with Gasteiger partial charge in [0.25, 0.3) is 0 Å². The van der Waals surface area contributed by atoms with E-state index in [1.54, 1.807) is 23.3 Å². The Bertz CT molecular complexity index is 900. The standard InChI is InChI=1S/C24H32N2O3S/c1-17-8-6-7-9-18(17)22-19-11-15-30-20(19)10-12-26(22)21(27)16-25(13-14-29-5)23(28)24(2,3)4/h6-9,11,15,22H,10,12-14,16H2,1-5H3/t22-/m1/s1. The summed E-state index contributed by atoms with van der Waals surface area (Å²) >= 11 is 1.76. The summed E-state index contributed by atoms with van der Waals surface area (Å²) < 4.78 is 5.19. The average Bonchev–Trinajstić information content (AvgIpc) is 3.18. The molecule has 2 heterocycles. The molecular weight excluding hydrogens is 396 g/mol. The van der Waals surface area contributed by atoms with Crippen molar-refractivity contribution in [2.24, 2.45) is 5.41 Å². The van der Waals surface area contributed by atoms with E-state index in [0.29, 0.717) is 19.7 Å². The van der Waals surface area contributed by atoms with Gasteiger partial charge in [0.2, 0.25) is 11.8 Å². The van der Waals surface area contributed by atoms with E-state index in [4.69, 9.17) is 4.74 Å². The van der Waals surface area contributed by atoms with Crippen LogP contribution in [-0.4, -0.2) is 55.0 Å². The minimum absolute atomic E-state index is 0.0196. The van der Waals surface area contributed by atoms with Crippen LogP contribution in [0.5, 0.6) is 0 Å². The summed E-state index contributed by atoms with van der Waals surface area (Å²) in [6.45, 7) is 9.29. The molecule has 162 valence electrons. The lowest BCUT2D eigenvalue weighted by molar-refractivity contribution is -0.147. The van der Waals surface area contributed by atoms with Crippen LogP contribution in [0.15, 0.2) is 35.7 Å². The van der Waals surface area contributed by atoms with Crippen LogP contribution >= 0.6 is 11.3 Å². The SMILES string of the molecule is COCCN(CC(=O)N1CCc2sccc2[C@H]1c1ccccc1C)C(=O)C(C)(C)C. The number of hydrogen-bond donors (Lipinski definition) is 0. The van der Waals surface area contributed by atoms with Gasteiger partial charge >= 0.3 is 0 Å². The van der Waals surface area contributed by atoms with Gasteiger partial charge in [-0.05, 0) is 41.5 Å². The van der Waals surface area contributed by atoms with E-state index in [2.05, 4.69) is 30.5 Å². The van der Waals surface area contributed by atoms with Crippen molar-refractivity contribution < 1.29 is 14.3 Å². The molecule has 1 aromatic heterocycles. The zero-order valence-corrected chi connectivity index (χ0v) is 19.4. The quantitative estimate of drug-likeness (QED) is 0.697. The van der Waals surface area contributed by atoms with Crippen molar-refractivity contribution in [2.75, 3.05) is 33.4 Å². The Kier molecular flexibility index (Phi) is 6.98. The van der Waals surface area contributed by atoms with E-state index < -0.39 is 5.41 Å². The van der Waals surface area contributed by atoms with E-state index in [9.17, 15) is 9.59 Å². The largest absolute Gasteiger partial charge is 0.383 e. The Balaban J connectivity index is 1.91. The average molecular weight is 429 g/mol. The number of rotatable bonds is 6. The monoisotopic (exact) mass is 428 g/mol. The van der Waals surface area contributed by atoms with Crippen molar-refractivity contribution in [2.45, 2.75) is 40.2 Å². The van der Waals surface area contributed by atoms with E-state index >= 15 is 0 Å². The molecule has 1 atom stereocenters. The Morgan fingerprint density at radius 3 is 2.60 bits per heavy atom. The smallest absolute Gasteiger partial charge is 0.242 e. The van der Waals surface area contributed by atoms with E-state index in [1.165, 1.54) is 16.0 Å². The van der Waals surface area contributed by atoms with E-state index in [-0.39, 0.29) is 24.4 Å². The molecule has 30 heavy (non-hydrogen) atoms. The fourth-order valence-electron chi connectivity index (χ4n) is 4.00. The van der Waals surface area contributed by atoms with Crippen LogP contribution in [0.2, 0.25) is 0 Å². The Labute approximate surface area is 183 Å². The lowest BCUT2D eigenvalue weighted by Crippen LogP contribution is -2.49. The van der Waals surface area contributed by atoms with Gasteiger partial charge in [0.1, 0.15) is 0 Å². The molecule has 0 fully saturated rings. The highest BCUT2D eigenvalue weighted by molar-refractivity contribution is 7.10. The van der Waals surface area contributed by atoms with Crippen molar-refractivity contribution in [3.05, 3.63) is 57.3 Å². The molecule has 0 unspecified atom stereocenters. The van der Waals surface area contributed by atoms with Gasteiger partial charge in [-0.25, -0.2) is 0 Å². The second-order valence-electron chi connectivity index (χ2n) is 8.86. The molecule has 2 amide bonds. The molecule has 0 saturated carbocycles. The lowest BCUT2D eigenvalue weighted by Gasteiger charge is -2.39. The van der Waals surface area contributed by atoms with Crippen LogP contribution < -0.4 is 0 Å². The molecule has 1 aliphatic rings. The van der Waals surface area contributed by atoms with Crippen LogP contribution in [0.25, 0.3) is 0 Å². The fourth-order valence-corrected chi connectivity index (χ4v) is 4.90. The highest BCUT2D eigenvalue weighted by atomic mass is 32.1. The highest BCUT2D eigenvalue weighted by Crippen LogP contribution is 2.39. The summed E-state index contributed by atoms with van der Waals surface area (Å²) in [6.07, 6.45) is 0.854. The molecule has 0 aliphatic carbocycles. The second-order valence-corrected chi connectivity index (χ2v) is 9.87. The van der Waals surface area contributed by atoms with Crippen molar-refractivity contribution in [1.82, 2.24) is 9.80 Å². The van der Waals surface area contributed by atoms with Gasteiger partial charge in [0.05, 0.1) is 19.2 Å². The summed E-state index contributed by atoms with van der Waals surface area (Å²) in [6, 6.07) is 10.3. The van der Waals surface area contributed by atoms with Gasteiger partial charge in [-0.3, -0.25) is 9.59 Å². The lowest BCUT2D eigenvalue weighted by atomic mass is 9.90. The number of nitrogens with zero attached hydrogens (tertiary/aromatic N) is 2. The van der Waals surface area contributed by atoms with Crippen molar-refractivity contribution in [1.29, 1.82) is 0 Å². The van der Waals surface area contributed by atoms with Gasteiger partial charge in [0.15, 0.2) is 0 Å². The molecule has 3 rings (SSSR count). The number of carbonyl (C=O) groups excluding carboxylic acids is 2. The number of benzene rings is 1. The van der Waals surface area contributed by atoms with Crippen LogP contribution in [0.3, 0.4) is 0 Å². The van der Waals surface area contributed by atoms with Crippen LogP contribution in [0.4, 0.5) is 0 Å². The fraction of sp³-hybridized carbons (Fsp3) is 0.500. The minimum atomic E-state index is -0.550. The van der Waals surface area contributed by atoms with Crippen LogP contribution in [-0.2, 0) is 20.7 Å². The van der Waals surface area contributed by atoms with Crippen molar-refractivity contribution >= 4 is 23.2 Å². The number of thiophene rings is 1. The summed E-state index contributed by atoms with van der Waals surface area (Å²) in [5, 5.41) is 2.11. The van der Waals surface area contributed by atoms with Gasteiger partial charge in [-0.15, -0.1) is 11.3 Å². The number of amides is 2. The molecule has 0 bridgehead atoms. The first-order valence-corrected chi connectivity index (χ1v) is 11.3. The summed E-state index contributed by atoms with van der Waals surface area (Å²) in [4.78, 5) is 31.4. The summed E-state index contributed by atoms with van der Waals surface area (Å²) in [7, 11) is 1.61. The highest BCUT2D eigenvalue weighted by Gasteiger charge is 2.36. The Morgan fingerprint density at radius 2 is 1.93 bits per heavy atom. The second kappa shape index (κ2) is 9.31. The van der Waals surface area contributed by atoms with Crippen molar-refractivity contribution in [3.8, 4) is 0 Å². The predicted octanol–water partition coefficient (Wildman–Crippen LogP) is 4.05. The zero-order valence-electron chi connectivity index (χ0n) is 18.6. The maximum atomic E-state index is 13.5. The first kappa shape index (κ1) is 22.5. The molecule has 1 aliphatic heterocycles. The number of hydrogen-bond acceptors (Lipinski definition) is 4. The number of fused-ring (bicyclic) bond motifs is 1. The number of methoxy groups -OCH3 is 1. The van der Waals surface area contributed by atoms with Gasteiger partial charge < -0.3 is 14.5 Å². The Hall–Kier alpha value is -2.18. The Morgan fingerprint density at radius 1 is 1.20 bits per heavy atom. The van der Waals surface area contributed by atoms with Crippen molar-refractivity contribution in [3.63, 3.8) is 0 Å². The van der Waals surface area contributed by atoms with Crippen LogP contribution in [0, 0.1) is 12.3 Å². The summed E-state index contributed by atoms with van der Waals surface area (Å²) in [5.41, 5.74) is 2.97. The predicted molar refractivity (Wildman–Crippen MR) is 121 cm³/mol. The summed E-state index contributed by atoms with van der Waals surface area (Å²) in [5.74, 6) is -0.0534. The molecule has 6 heteroatoms. The maximum Gasteiger partial charge on any atom is 0.242 e. The molecule has 1 aromatic carbocycles. The minimum Gasteiger partial charge on any atom is -0.383 e. The molecule has 2 aromatic rings. The van der Waals surface area contributed by atoms with Gasteiger partial charge in [0, 0.05) is 30.5 Å². The number of ether oxygens (including phenoxy) is 1. The molecule has 0 N–H and O–H groups in total. The van der Waals surface area contributed by atoms with E-state index in [0.717, 1.165) is 12.0 Å². The van der Waals surface area contributed by atoms with Gasteiger partial charge in [-0.2, -0.15) is 0 Å². The first-order valence-electron chi connectivity index (χ1n) is 10.4. The third-order valence-corrected chi connectivity index (χ3v) is 6.59. The van der Waals surface area contributed by atoms with E-state index in [1.807, 2.05) is 37.8 Å². The third-order valence-electron chi connectivity index (χ3n) is 5.59. The third kappa shape index (κ3) is 4.76. The molecule has 0 spiro atoms. The zero-order chi connectivity index (χ0) is 21.9. The molecule has 5 nitrogen and oxygen atoms in total. The number of aryl methyl sites for hydroxylation is 1. The van der Waals surface area contributed by atoms with Gasteiger partial charge in [-0.1, -0.05) is 45.0 Å².